The third-order valence-corrected chi connectivity index (χ3v) is 4.25. The van der Waals surface area contributed by atoms with Crippen LogP contribution >= 0.6 is 39.1 Å². The molecule has 1 unspecified atom stereocenters. The average molecular weight is 392 g/mol. The van der Waals surface area contributed by atoms with Crippen LogP contribution in [0.3, 0.4) is 0 Å². The maximum Gasteiger partial charge on any atom is 0.133 e. The van der Waals surface area contributed by atoms with E-state index < -0.39 is 6.10 Å². The Kier molecular flexibility index (Phi) is 5.38. The quantitative estimate of drug-likeness (QED) is 0.809. The summed E-state index contributed by atoms with van der Waals surface area (Å²) in [6.45, 7) is 0. The van der Waals surface area contributed by atoms with Crippen molar-refractivity contribution >= 4 is 39.1 Å². The number of ether oxygens (including phenoxy) is 2. The summed E-state index contributed by atoms with van der Waals surface area (Å²) in [4.78, 5) is 0. The third kappa shape index (κ3) is 3.46. The molecule has 1 N–H and O–H groups in total. The first kappa shape index (κ1) is 16.4. The van der Waals surface area contributed by atoms with Gasteiger partial charge in [0, 0.05) is 21.2 Å². The SMILES string of the molecule is COc1cc(C(O)c2cc(Cl)ccc2Cl)c(OC)cc1Br. The van der Waals surface area contributed by atoms with Gasteiger partial charge in [0.2, 0.25) is 0 Å². The molecule has 0 aliphatic rings. The van der Waals surface area contributed by atoms with Gasteiger partial charge in [-0.1, -0.05) is 23.2 Å². The van der Waals surface area contributed by atoms with Gasteiger partial charge in [0.15, 0.2) is 0 Å². The van der Waals surface area contributed by atoms with Crippen LogP contribution in [0.5, 0.6) is 11.5 Å². The molecule has 2 rings (SSSR count). The minimum absolute atomic E-state index is 0.427. The highest BCUT2D eigenvalue weighted by molar-refractivity contribution is 9.10. The maximum absolute atomic E-state index is 10.6. The molecule has 3 nitrogen and oxygen atoms in total. The molecular weight excluding hydrogens is 379 g/mol. The summed E-state index contributed by atoms with van der Waals surface area (Å²) in [6, 6.07) is 8.37. The summed E-state index contributed by atoms with van der Waals surface area (Å²) in [6.07, 6.45) is -0.979. The standard InChI is InChI=1S/C15H13BrCl2O3/c1-20-13-7-11(16)14(21-2)6-10(13)15(19)9-5-8(17)3-4-12(9)18/h3-7,15,19H,1-2H3. The zero-order valence-electron chi connectivity index (χ0n) is 11.4. The molecule has 0 fully saturated rings. The predicted octanol–water partition coefficient (Wildman–Crippen LogP) is 4.85. The van der Waals surface area contributed by atoms with Gasteiger partial charge in [0.05, 0.1) is 18.7 Å². The van der Waals surface area contributed by atoms with E-state index in [9.17, 15) is 5.11 Å². The molecule has 0 bridgehead atoms. The normalized spacial score (nSPS) is 12.1. The lowest BCUT2D eigenvalue weighted by Gasteiger charge is -2.18. The van der Waals surface area contributed by atoms with Crippen LogP contribution in [0.2, 0.25) is 10.0 Å². The summed E-state index contributed by atoms with van der Waals surface area (Å²) < 4.78 is 11.3. The van der Waals surface area contributed by atoms with Crippen LogP contribution in [-0.2, 0) is 0 Å². The zero-order chi connectivity index (χ0) is 15.6. The van der Waals surface area contributed by atoms with E-state index in [1.165, 1.54) is 7.11 Å². The molecule has 21 heavy (non-hydrogen) atoms. The first-order valence-electron chi connectivity index (χ1n) is 6.02. The highest BCUT2D eigenvalue weighted by Crippen LogP contribution is 2.40. The number of hydrogen-bond donors (Lipinski definition) is 1. The predicted molar refractivity (Wildman–Crippen MR) is 87.8 cm³/mol. The highest BCUT2D eigenvalue weighted by atomic mass is 79.9. The van der Waals surface area contributed by atoms with Crippen LogP contribution in [-0.4, -0.2) is 19.3 Å². The molecule has 0 radical (unpaired) electrons. The first-order chi connectivity index (χ1) is 9.97. The summed E-state index contributed by atoms with van der Waals surface area (Å²) in [7, 11) is 3.08. The molecule has 0 saturated heterocycles. The van der Waals surface area contributed by atoms with Crippen molar-refractivity contribution in [3.05, 3.63) is 56.0 Å². The maximum atomic E-state index is 10.6. The van der Waals surface area contributed by atoms with E-state index in [4.69, 9.17) is 32.7 Å². The zero-order valence-corrected chi connectivity index (χ0v) is 14.5. The van der Waals surface area contributed by atoms with Gasteiger partial charge in [0.25, 0.3) is 0 Å². The number of methoxy groups -OCH3 is 2. The van der Waals surface area contributed by atoms with Gasteiger partial charge in [-0.25, -0.2) is 0 Å². The lowest BCUT2D eigenvalue weighted by Crippen LogP contribution is -2.04. The van der Waals surface area contributed by atoms with Crippen molar-refractivity contribution in [1.29, 1.82) is 0 Å². The second-order valence-electron chi connectivity index (χ2n) is 4.30. The Labute approximate surface area is 141 Å². The number of halogens is 3. The van der Waals surface area contributed by atoms with Crippen LogP contribution in [0.25, 0.3) is 0 Å². The number of aliphatic hydroxyl groups excluding tert-OH is 1. The Hall–Kier alpha value is -0.940. The summed E-state index contributed by atoms with van der Waals surface area (Å²) in [5, 5.41) is 11.5. The molecule has 1 atom stereocenters. The summed E-state index contributed by atoms with van der Waals surface area (Å²) in [5.41, 5.74) is 1.05. The van der Waals surface area contributed by atoms with Crippen molar-refractivity contribution in [2.45, 2.75) is 6.10 Å². The highest BCUT2D eigenvalue weighted by Gasteiger charge is 2.21. The molecule has 6 heteroatoms. The van der Waals surface area contributed by atoms with E-state index >= 15 is 0 Å². The number of benzene rings is 2. The summed E-state index contributed by atoms with van der Waals surface area (Å²) >= 11 is 15.5. The van der Waals surface area contributed by atoms with Crippen LogP contribution in [0.15, 0.2) is 34.8 Å². The van der Waals surface area contributed by atoms with Gasteiger partial charge in [-0.2, -0.15) is 0 Å². The Morgan fingerprint density at radius 3 is 2.29 bits per heavy atom. The fraction of sp³-hybridized carbons (Fsp3) is 0.200. The number of hydrogen-bond acceptors (Lipinski definition) is 3. The van der Waals surface area contributed by atoms with E-state index in [1.54, 1.807) is 37.4 Å². The second kappa shape index (κ2) is 6.88. The molecular formula is C15H13BrCl2O3. The fourth-order valence-corrected chi connectivity index (χ4v) is 2.88. The van der Waals surface area contributed by atoms with Crippen LogP contribution in [0.1, 0.15) is 17.2 Å². The minimum atomic E-state index is -0.979. The largest absolute Gasteiger partial charge is 0.496 e. The van der Waals surface area contributed by atoms with Crippen molar-refractivity contribution in [1.82, 2.24) is 0 Å². The van der Waals surface area contributed by atoms with Crippen LogP contribution in [0, 0.1) is 0 Å². The Bertz CT molecular complexity index is 662. The molecule has 0 aliphatic heterocycles. The topological polar surface area (TPSA) is 38.7 Å². The van der Waals surface area contributed by atoms with E-state index in [2.05, 4.69) is 15.9 Å². The van der Waals surface area contributed by atoms with Gasteiger partial charge in [-0.3, -0.25) is 0 Å². The van der Waals surface area contributed by atoms with E-state index in [-0.39, 0.29) is 0 Å². The van der Waals surface area contributed by atoms with Crippen molar-refractivity contribution in [3.8, 4) is 11.5 Å². The van der Waals surface area contributed by atoms with Crippen molar-refractivity contribution in [2.24, 2.45) is 0 Å². The van der Waals surface area contributed by atoms with Gasteiger partial charge in [-0.05, 0) is 46.3 Å². The van der Waals surface area contributed by atoms with Crippen LogP contribution < -0.4 is 9.47 Å². The van der Waals surface area contributed by atoms with Crippen molar-refractivity contribution in [2.75, 3.05) is 14.2 Å². The Morgan fingerprint density at radius 1 is 1.00 bits per heavy atom. The minimum Gasteiger partial charge on any atom is -0.496 e. The average Bonchev–Trinajstić information content (AvgIpc) is 2.48. The molecule has 0 aromatic heterocycles. The monoisotopic (exact) mass is 390 g/mol. The molecule has 0 amide bonds. The lowest BCUT2D eigenvalue weighted by molar-refractivity contribution is 0.214. The first-order valence-corrected chi connectivity index (χ1v) is 7.57. The second-order valence-corrected chi connectivity index (χ2v) is 6.00. The molecule has 0 saturated carbocycles. The smallest absolute Gasteiger partial charge is 0.133 e. The van der Waals surface area contributed by atoms with Gasteiger partial charge in [0.1, 0.15) is 17.6 Å². The van der Waals surface area contributed by atoms with E-state index in [1.807, 2.05) is 0 Å². The molecule has 2 aromatic carbocycles. The lowest BCUT2D eigenvalue weighted by atomic mass is 10.00. The van der Waals surface area contributed by atoms with Gasteiger partial charge < -0.3 is 14.6 Å². The van der Waals surface area contributed by atoms with Crippen molar-refractivity contribution < 1.29 is 14.6 Å². The Morgan fingerprint density at radius 2 is 1.67 bits per heavy atom. The molecule has 0 heterocycles. The fourth-order valence-electron chi connectivity index (χ4n) is 1.99. The summed E-state index contributed by atoms with van der Waals surface area (Å²) in [5.74, 6) is 1.11. The molecule has 2 aromatic rings. The molecule has 112 valence electrons. The Balaban J connectivity index is 2.56. The molecule has 0 aliphatic carbocycles. The van der Waals surface area contributed by atoms with E-state index in [0.717, 1.165) is 4.47 Å². The van der Waals surface area contributed by atoms with E-state index in [0.29, 0.717) is 32.7 Å². The molecule has 0 spiro atoms. The van der Waals surface area contributed by atoms with Crippen molar-refractivity contribution in [3.63, 3.8) is 0 Å². The van der Waals surface area contributed by atoms with Gasteiger partial charge in [-0.15, -0.1) is 0 Å². The number of aliphatic hydroxyl groups is 1. The van der Waals surface area contributed by atoms with Gasteiger partial charge >= 0.3 is 0 Å². The van der Waals surface area contributed by atoms with Crippen LogP contribution in [0.4, 0.5) is 0 Å². The number of rotatable bonds is 4. The third-order valence-electron chi connectivity index (χ3n) is 3.05.